The Bertz CT molecular complexity index is 769. The van der Waals surface area contributed by atoms with Gasteiger partial charge in [0, 0.05) is 6.61 Å². The van der Waals surface area contributed by atoms with Crippen molar-refractivity contribution in [3.05, 3.63) is 35.9 Å². The number of nitrogens with zero attached hydrogens (tertiary/aromatic N) is 1. The van der Waals surface area contributed by atoms with Crippen LogP contribution in [0.3, 0.4) is 0 Å². The zero-order valence-electron chi connectivity index (χ0n) is 17.4. The van der Waals surface area contributed by atoms with Crippen molar-refractivity contribution in [3.63, 3.8) is 0 Å². The first kappa shape index (κ1) is 23.3. The molecule has 5 amide bonds. The summed E-state index contributed by atoms with van der Waals surface area (Å²) in [6, 6.07) is 7.68. The number of nitrogens with two attached hydrogens (primary N) is 1. The zero-order valence-corrected chi connectivity index (χ0v) is 17.4. The number of rotatable bonds is 11. The van der Waals surface area contributed by atoms with Gasteiger partial charge >= 0.3 is 12.1 Å². The lowest BCUT2D eigenvalue weighted by molar-refractivity contribution is -0.146. The molecule has 9 heteroatoms. The van der Waals surface area contributed by atoms with E-state index in [4.69, 9.17) is 15.2 Å². The Kier molecular flexibility index (Phi) is 8.35. The maximum atomic E-state index is 13.4. The van der Waals surface area contributed by atoms with Crippen LogP contribution in [-0.4, -0.2) is 54.7 Å². The van der Waals surface area contributed by atoms with Crippen LogP contribution in [0.5, 0.6) is 0 Å². The molecule has 2 unspecified atom stereocenters. The van der Waals surface area contributed by atoms with E-state index in [0.29, 0.717) is 12.2 Å². The molecule has 0 aliphatic carbocycles. The highest BCUT2D eigenvalue weighted by atomic mass is 16.6. The molecule has 0 spiro atoms. The lowest BCUT2D eigenvalue weighted by Crippen LogP contribution is -2.67. The molecule has 1 saturated heterocycles. The van der Waals surface area contributed by atoms with Crippen molar-refractivity contribution in [2.24, 2.45) is 5.73 Å². The van der Waals surface area contributed by atoms with Gasteiger partial charge in [0.15, 0.2) is 5.41 Å². The maximum Gasteiger partial charge on any atom is 0.404 e. The summed E-state index contributed by atoms with van der Waals surface area (Å²) in [5.74, 6) is -1.35. The van der Waals surface area contributed by atoms with Gasteiger partial charge in [0.05, 0.1) is 13.2 Å². The van der Waals surface area contributed by atoms with E-state index in [1.165, 1.54) is 0 Å². The molecular weight excluding hydrogens is 390 g/mol. The quantitative estimate of drug-likeness (QED) is 0.417. The third-order valence-corrected chi connectivity index (χ3v) is 5.13. The number of unbranched alkanes of at least 4 members (excludes halogenated alkanes) is 2. The number of benzene rings is 1. The van der Waals surface area contributed by atoms with Crippen LogP contribution >= 0.6 is 0 Å². The maximum absolute atomic E-state index is 13.4. The van der Waals surface area contributed by atoms with Crippen molar-refractivity contribution < 1.29 is 28.7 Å². The molecule has 1 aromatic carbocycles. The smallest absolute Gasteiger partial charge is 0.404 e. The van der Waals surface area contributed by atoms with Crippen LogP contribution in [0.2, 0.25) is 0 Å². The van der Waals surface area contributed by atoms with Gasteiger partial charge in [-0.2, -0.15) is 0 Å². The topological polar surface area (TPSA) is 128 Å². The van der Waals surface area contributed by atoms with Crippen LogP contribution < -0.4 is 11.1 Å². The van der Waals surface area contributed by atoms with Gasteiger partial charge in [0.2, 0.25) is 5.91 Å². The Hall–Kier alpha value is -2.94. The predicted octanol–water partition coefficient (Wildman–Crippen LogP) is 2.08. The van der Waals surface area contributed by atoms with Crippen molar-refractivity contribution in [1.82, 2.24) is 10.2 Å². The molecule has 2 rings (SSSR count). The Morgan fingerprint density at radius 3 is 2.47 bits per heavy atom. The molecule has 9 nitrogen and oxygen atoms in total. The van der Waals surface area contributed by atoms with E-state index in [9.17, 15) is 19.2 Å². The minimum absolute atomic E-state index is 0.0257. The number of urea groups is 1. The minimum atomic E-state index is -1.55. The summed E-state index contributed by atoms with van der Waals surface area (Å²) in [5.41, 5.74) is 4.07. The normalized spacial score (nSPS) is 20.1. The van der Waals surface area contributed by atoms with E-state index < -0.39 is 35.5 Å². The Balaban J connectivity index is 2.22. The molecule has 1 aliphatic heterocycles. The van der Waals surface area contributed by atoms with E-state index in [1.807, 2.05) is 0 Å². The standard InChI is InChI=1S/C21H29N3O6/c1-3-5-9-12-29-14-16(30-19(22)27)13-24-18(26)21(4-2,17(25)23-20(24)28)15-10-7-6-8-11-15/h6-8,10-11,16H,3-5,9,12-14H2,1-2H3,(H2,22,27)(H,23,25,28). The molecule has 30 heavy (non-hydrogen) atoms. The Morgan fingerprint density at radius 1 is 1.17 bits per heavy atom. The fraction of sp³-hybridized carbons (Fsp3) is 0.524. The SMILES string of the molecule is CCCCCOCC(CN1C(=O)NC(=O)C(CC)(c2ccccc2)C1=O)OC(N)=O. The third-order valence-electron chi connectivity index (χ3n) is 5.13. The molecular formula is C21H29N3O6. The summed E-state index contributed by atoms with van der Waals surface area (Å²) in [6.45, 7) is 3.92. The number of carbonyl (C=O) groups excluding carboxylic acids is 4. The summed E-state index contributed by atoms with van der Waals surface area (Å²) in [5, 5.41) is 2.26. The average molecular weight is 419 g/mol. The monoisotopic (exact) mass is 419 g/mol. The van der Waals surface area contributed by atoms with Gasteiger partial charge in [-0.3, -0.25) is 19.8 Å². The van der Waals surface area contributed by atoms with Crippen LogP contribution in [0.4, 0.5) is 9.59 Å². The minimum Gasteiger partial charge on any atom is -0.442 e. The third kappa shape index (κ3) is 5.15. The summed E-state index contributed by atoms with van der Waals surface area (Å²) < 4.78 is 10.6. The number of ether oxygens (including phenoxy) is 2. The first-order valence-corrected chi connectivity index (χ1v) is 10.1. The van der Waals surface area contributed by atoms with E-state index in [0.717, 1.165) is 24.2 Å². The van der Waals surface area contributed by atoms with E-state index in [-0.39, 0.29) is 19.6 Å². The summed E-state index contributed by atoms with van der Waals surface area (Å²) >= 11 is 0. The summed E-state index contributed by atoms with van der Waals surface area (Å²) in [7, 11) is 0. The molecule has 1 fully saturated rings. The second kappa shape index (κ2) is 10.7. The number of carbonyl (C=O) groups is 4. The van der Waals surface area contributed by atoms with Gasteiger partial charge in [0.25, 0.3) is 5.91 Å². The molecule has 3 N–H and O–H groups in total. The largest absolute Gasteiger partial charge is 0.442 e. The highest BCUT2D eigenvalue weighted by molar-refractivity contribution is 6.22. The molecule has 0 aromatic heterocycles. The fourth-order valence-electron chi connectivity index (χ4n) is 3.51. The van der Waals surface area contributed by atoms with E-state index in [2.05, 4.69) is 12.2 Å². The molecule has 2 atom stereocenters. The Morgan fingerprint density at radius 2 is 1.87 bits per heavy atom. The van der Waals surface area contributed by atoms with Gasteiger partial charge in [-0.1, -0.05) is 57.0 Å². The molecule has 0 radical (unpaired) electrons. The van der Waals surface area contributed by atoms with Gasteiger partial charge in [0.1, 0.15) is 6.10 Å². The molecule has 164 valence electrons. The van der Waals surface area contributed by atoms with Crippen molar-refractivity contribution in [2.75, 3.05) is 19.8 Å². The van der Waals surface area contributed by atoms with Crippen LogP contribution in [0.25, 0.3) is 0 Å². The summed E-state index contributed by atoms with van der Waals surface area (Å²) in [6.07, 6.45) is 1.02. The zero-order chi connectivity index (χ0) is 22.1. The van der Waals surface area contributed by atoms with Crippen LogP contribution in [0.15, 0.2) is 30.3 Å². The molecule has 0 saturated carbocycles. The second-order valence-electron chi connectivity index (χ2n) is 7.14. The van der Waals surface area contributed by atoms with Gasteiger partial charge in [-0.25, -0.2) is 9.59 Å². The summed E-state index contributed by atoms with van der Waals surface area (Å²) in [4.78, 5) is 50.7. The molecule has 0 bridgehead atoms. The number of hydrogen-bond acceptors (Lipinski definition) is 6. The van der Waals surface area contributed by atoms with Gasteiger partial charge in [-0.15, -0.1) is 0 Å². The number of amides is 5. The van der Waals surface area contributed by atoms with E-state index in [1.54, 1.807) is 37.3 Å². The number of nitrogens with one attached hydrogen (secondary N) is 1. The van der Waals surface area contributed by atoms with E-state index >= 15 is 0 Å². The van der Waals surface area contributed by atoms with Crippen molar-refractivity contribution in [3.8, 4) is 0 Å². The highest BCUT2D eigenvalue weighted by Gasteiger charge is 2.54. The van der Waals surface area contributed by atoms with Crippen LogP contribution in [-0.2, 0) is 24.5 Å². The molecule has 1 aliphatic rings. The first-order chi connectivity index (χ1) is 14.4. The number of imide groups is 2. The van der Waals surface area contributed by atoms with Crippen molar-refractivity contribution in [1.29, 1.82) is 0 Å². The van der Waals surface area contributed by atoms with Crippen molar-refractivity contribution in [2.45, 2.75) is 51.0 Å². The van der Waals surface area contributed by atoms with Crippen LogP contribution in [0.1, 0.15) is 45.1 Å². The molecule has 1 heterocycles. The second-order valence-corrected chi connectivity index (χ2v) is 7.14. The van der Waals surface area contributed by atoms with Gasteiger partial charge < -0.3 is 15.2 Å². The number of barbiturate groups is 1. The Labute approximate surface area is 175 Å². The first-order valence-electron chi connectivity index (χ1n) is 10.1. The predicted molar refractivity (Wildman–Crippen MR) is 108 cm³/mol. The molecule has 1 aromatic rings. The fourth-order valence-corrected chi connectivity index (χ4v) is 3.51. The van der Waals surface area contributed by atoms with Gasteiger partial charge in [-0.05, 0) is 18.4 Å². The lowest BCUT2D eigenvalue weighted by Gasteiger charge is -2.39. The average Bonchev–Trinajstić information content (AvgIpc) is 2.71. The van der Waals surface area contributed by atoms with Crippen molar-refractivity contribution >= 4 is 23.9 Å². The lowest BCUT2D eigenvalue weighted by atomic mass is 9.74. The number of primary amides is 1. The van der Waals surface area contributed by atoms with Crippen LogP contribution in [0, 0.1) is 0 Å². The number of hydrogen-bond donors (Lipinski definition) is 2. The highest BCUT2D eigenvalue weighted by Crippen LogP contribution is 2.33.